The number of rotatable bonds is 6. The summed E-state index contributed by atoms with van der Waals surface area (Å²) in [6, 6.07) is 11.6. The third kappa shape index (κ3) is 2.90. The van der Waals surface area contributed by atoms with E-state index in [1.165, 1.54) is 0 Å². The highest BCUT2D eigenvalue weighted by Crippen LogP contribution is 2.08. The predicted molar refractivity (Wildman–Crippen MR) is 62.0 cm³/mol. The Morgan fingerprint density at radius 3 is 2.31 bits per heavy atom. The van der Waals surface area contributed by atoms with Crippen LogP contribution in [0.2, 0.25) is 0 Å². The van der Waals surface area contributed by atoms with Crippen LogP contribution in [0.15, 0.2) is 30.3 Å². The van der Waals surface area contributed by atoms with E-state index in [-0.39, 0.29) is 0 Å². The fourth-order valence-corrected chi connectivity index (χ4v) is 3.41. The summed E-state index contributed by atoms with van der Waals surface area (Å²) in [7, 11) is 0.321. The Morgan fingerprint density at radius 1 is 1.19 bits per heavy atom. The van der Waals surface area contributed by atoms with Gasteiger partial charge in [-0.15, -0.1) is 0 Å². The Kier molecular flexibility index (Phi) is 5.15. The Morgan fingerprint density at radius 2 is 1.81 bits per heavy atom. The Balaban J connectivity index is 2.84. The van der Waals surface area contributed by atoms with Gasteiger partial charge >= 0.3 is 8.80 Å². The summed E-state index contributed by atoms with van der Waals surface area (Å²) < 4.78 is 16.4. The van der Waals surface area contributed by atoms with E-state index in [1.54, 1.807) is 14.2 Å². The van der Waals surface area contributed by atoms with Gasteiger partial charge < -0.3 is 13.3 Å². The topological polar surface area (TPSA) is 51.5 Å². The van der Waals surface area contributed by atoms with Crippen molar-refractivity contribution in [2.45, 2.75) is 6.42 Å². The maximum Gasteiger partial charge on any atom is 0.536 e. The lowest BCUT2D eigenvalue weighted by molar-refractivity contribution is 0.116. The molecule has 86 valence electrons. The maximum absolute atomic E-state index is 8.48. The Bertz CT molecular complexity index is 346. The van der Waals surface area contributed by atoms with E-state index in [0.29, 0.717) is 13.0 Å². The molecule has 0 saturated carbocycles. The molecule has 16 heavy (non-hydrogen) atoms. The summed E-state index contributed by atoms with van der Waals surface area (Å²) in [4.78, 5) is 0. The number of nitrogens with zero attached hydrogens (tertiary/aromatic N) is 1. The van der Waals surface area contributed by atoms with Crippen LogP contribution in [0.5, 0.6) is 0 Å². The molecule has 0 N–H and O–H groups in total. The summed E-state index contributed by atoms with van der Waals surface area (Å²) >= 11 is 0. The molecule has 1 rings (SSSR count). The average molecular weight is 237 g/mol. The van der Waals surface area contributed by atoms with E-state index in [1.807, 2.05) is 36.4 Å². The summed E-state index contributed by atoms with van der Waals surface area (Å²) in [5, 5.41) is 9.38. The minimum absolute atomic E-state index is 0.319. The lowest BCUT2D eigenvalue weighted by Gasteiger charge is -2.26. The predicted octanol–water partition coefficient (Wildman–Crippen LogP) is 1.06. The van der Waals surface area contributed by atoms with Crippen molar-refractivity contribution >= 4 is 14.0 Å². The van der Waals surface area contributed by atoms with Crippen molar-refractivity contribution in [2.24, 2.45) is 0 Å². The van der Waals surface area contributed by atoms with E-state index < -0.39 is 8.80 Å². The molecule has 0 amide bonds. The Labute approximate surface area is 96.7 Å². The van der Waals surface area contributed by atoms with Gasteiger partial charge in [-0.05, 0) is 0 Å². The molecule has 0 aromatic heterocycles. The summed E-state index contributed by atoms with van der Waals surface area (Å²) in [6.07, 6.45) is 0.328. The third-order valence-corrected chi connectivity index (χ3v) is 4.87. The molecule has 0 radical (unpaired) electrons. The highest BCUT2D eigenvalue weighted by atomic mass is 28.4. The van der Waals surface area contributed by atoms with Gasteiger partial charge in [0.2, 0.25) is 0 Å². The fourth-order valence-electron chi connectivity index (χ4n) is 1.39. The molecular formula is C11H15NO3Si. The van der Waals surface area contributed by atoms with E-state index in [9.17, 15) is 0 Å². The van der Waals surface area contributed by atoms with E-state index in [4.69, 9.17) is 18.5 Å². The quantitative estimate of drug-likeness (QED) is 0.548. The molecule has 0 saturated heterocycles. The van der Waals surface area contributed by atoms with Crippen molar-refractivity contribution in [3.63, 3.8) is 0 Å². The van der Waals surface area contributed by atoms with Crippen LogP contribution in [-0.2, 0) is 13.3 Å². The SMILES string of the molecule is CO[Si](OC)(OCCC#N)c1ccccc1. The second kappa shape index (κ2) is 6.40. The first-order valence-corrected chi connectivity index (χ1v) is 6.68. The molecule has 0 heterocycles. The highest BCUT2D eigenvalue weighted by Gasteiger charge is 2.41. The minimum atomic E-state index is -2.81. The second-order valence-electron chi connectivity index (χ2n) is 3.09. The van der Waals surface area contributed by atoms with Gasteiger partial charge in [0, 0.05) is 19.4 Å². The standard InChI is InChI=1S/C11H15NO3Si/c1-13-16(14-2,15-10-6-9-12)11-7-4-3-5-8-11/h3-5,7-8H,6,10H2,1-2H3. The summed E-state index contributed by atoms with van der Waals surface area (Å²) in [5.74, 6) is 0. The van der Waals surface area contributed by atoms with Crippen LogP contribution in [0, 0.1) is 11.3 Å². The second-order valence-corrected chi connectivity index (χ2v) is 5.88. The van der Waals surface area contributed by atoms with Crippen molar-refractivity contribution < 1.29 is 13.3 Å². The van der Waals surface area contributed by atoms with Gasteiger partial charge in [-0.25, -0.2) is 0 Å². The summed E-state index contributed by atoms with van der Waals surface area (Å²) in [5.41, 5.74) is 0. The number of nitriles is 1. The normalized spacial score (nSPS) is 11.1. The van der Waals surface area contributed by atoms with Gasteiger partial charge in [0.05, 0.1) is 19.1 Å². The molecule has 4 nitrogen and oxygen atoms in total. The first-order valence-electron chi connectivity index (χ1n) is 4.96. The van der Waals surface area contributed by atoms with Gasteiger partial charge in [-0.1, -0.05) is 30.3 Å². The van der Waals surface area contributed by atoms with E-state index >= 15 is 0 Å². The van der Waals surface area contributed by atoms with Crippen LogP contribution >= 0.6 is 0 Å². The van der Waals surface area contributed by atoms with Crippen LogP contribution in [0.1, 0.15) is 6.42 Å². The van der Waals surface area contributed by atoms with Gasteiger partial charge in [-0.3, -0.25) is 0 Å². The van der Waals surface area contributed by atoms with E-state index in [2.05, 4.69) is 0 Å². The Hall–Kier alpha value is -1.19. The van der Waals surface area contributed by atoms with Crippen molar-refractivity contribution in [3.05, 3.63) is 30.3 Å². The first-order chi connectivity index (χ1) is 7.79. The summed E-state index contributed by atoms with van der Waals surface area (Å²) in [6.45, 7) is 0.319. The van der Waals surface area contributed by atoms with Crippen LogP contribution in [0.3, 0.4) is 0 Å². The van der Waals surface area contributed by atoms with Gasteiger partial charge in [0.1, 0.15) is 0 Å². The lowest BCUT2D eigenvalue weighted by Crippen LogP contribution is -2.55. The minimum Gasteiger partial charge on any atom is -0.373 e. The van der Waals surface area contributed by atoms with Crippen molar-refractivity contribution in [3.8, 4) is 6.07 Å². The average Bonchev–Trinajstić information content (AvgIpc) is 2.36. The molecule has 0 aliphatic heterocycles. The van der Waals surface area contributed by atoms with Crippen molar-refractivity contribution in [1.29, 1.82) is 5.26 Å². The first kappa shape index (κ1) is 12.9. The molecular weight excluding hydrogens is 222 g/mol. The number of hydrogen-bond acceptors (Lipinski definition) is 4. The third-order valence-electron chi connectivity index (χ3n) is 2.17. The van der Waals surface area contributed by atoms with Gasteiger partial charge in [0.25, 0.3) is 0 Å². The zero-order chi connectivity index (χ0) is 11.9. The molecule has 0 unspecified atom stereocenters. The smallest absolute Gasteiger partial charge is 0.373 e. The number of benzene rings is 1. The monoisotopic (exact) mass is 237 g/mol. The highest BCUT2D eigenvalue weighted by molar-refractivity contribution is 6.75. The van der Waals surface area contributed by atoms with Crippen molar-refractivity contribution in [1.82, 2.24) is 0 Å². The zero-order valence-electron chi connectivity index (χ0n) is 9.47. The van der Waals surface area contributed by atoms with Crippen LogP contribution in [0.25, 0.3) is 0 Å². The van der Waals surface area contributed by atoms with Gasteiger partial charge in [-0.2, -0.15) is 5.26 Å². The number of hydrogen-bond donors (Lipinski definition) is 0. The largest absolute Gasteiger partial charge is 0.536 e. The van der Waals surface area contributed by atoms with Crippen LogP contribution < -0.4 is 5.19 Å². The molecule has 5 heteroatoms. The maximum atomic E-state index is 8.48. The molecule has 0 bridgehead atoms. The zero-order valence-corrected chi connectivity index (χ0v) is 10.5. The molecule has 1 aromatic rings. The molecule has 1 aromatic carbocycles. The van der Waals surface area contributed by atoms with Crippen LogP contribution in [-0.4, -0.2) is 29.6 Å². The van der Waals surface area contributed by atoms with Gasteiger partial charge in [0.15, 0.2) is 0 Å². The lowest BCUT2D eigenvalue weighted by atomic mass is 10.4. The molecule has 0 fully saturated rings. The van der Waals surface area contributed by atoms with Crippen molar-refractivity contribution in [2.75, 3.05) is 20.8 Å². The molecule has 0 spiro atoms. The van der Waals surface area contributed by atoms with Crippen LogP contribution in [0.4, 0.5) is 0 Å². The molecule has 0 aliphatic rings. The molecule has 0 aliphatic carbocycles. The van der Waals surface area contributed by atoms with E-state index in [0.717, 1.165) is 5.19 Å². The fraction of sp³-hybridized carbons (Fsp3) is 0.364. The molecule has 0 atom stereocenters.